The third-order valence-electron chi connectivity index (χ3n) is 9.12. The number of ether oxygens (including phenoxy) is 2. The Morgan fingerprint density at radius 3 is 1.25 bits per heavy atom. The molecule has 0 amide bonds. The zero-order chi connectivity index (χ0) is 37.3. The van der Waals surface area contributed by atoms with Crippen molar-refractivity contribution in [3.8, 4) is 0 Å². The molecule has 0 aromatic heterocycles. The molecule has 0 saturated heterocycles. The van der Waals surface area contributed by atoms with E-state index in [1.165, 1.54) is 103 Å². The van der Waals surface area contributed by atoms with Crippen molar-refractivity contribution < 1.29 is 29.3 Å². The van der Waals surface area contributed by atoms with Gasteiger partial charge in [0, 0.05) is 12.8 Å². The molecule has 0 spiro atoms. The van der Waals surface area contributed by atoms with E-state index in [9.17, 15) is 19.8 Å². The summed E-state index contributed by atoms with van der Waals surface area (Å²) >= 11 is 0. The van der Waals surface area contributed by atoms with E-state index in [2.05, 4.69) is 62.5 Å². The molecule has 2 atom stereocenters. The molecule has 0 heterocycles. The maximum atomic E-state index is 12.0. The highest BCUT2D eigenvalue weighted by atomic mass is 16.6. The lowest BCUT2D eigenvalue weighted by atomic mass is 10.0. The van der Waals surface area contributed by atoms with Crippen LogP contribution in [-0.4, -0.2) is 47.6 Å². The fourth-order valence-electron chi connectivity index (χ4n) is 5.92. The van der Waals surface area contributed by atoms with Crippen LogP contribution in [0.5, 0.6) is 0 Å². The van der Waals surface area contributed by atoms with E-state index in [1.807, 2.05) is 0 Å². The number of carbonyl (C=O) groups excluding carboxylic acids is 2. The fraction of sp³-hybridized carbons (Fsp3) is 0.778. The van der Waals surface area contributed by atoms with Crippen LogP contribution < -0.4 is 0 Å². The first-order chi connectivity index (χ1) is 25.0. The Kier molecular flexibility index (Phi) is 38.9. The zero-order valence-corrected chi connectivity index (χ0v) is 33.2. The molecule has 0 aliphatic carbocycles. The molecular formula is C45H80O6. The van der Waals surface area contributed by atoms with Crippen LogP contribution in [0.15, 0.2) is 48.6 Å². The van der Waals surface area contributed by atoms with Gasteiger partial charge in [0.05, 0.1) is 6.10 Å². The number of rotatable bonds is 38. The Morgan fingerprint density at radius 1 is 0.451 bits per heavy atom. The summed E-state index contributed by atoms with van der Waals surface area (Å²) in [6, 6.07) is 0. The van der Waals surface area contributed by atoms with Gasteiger partial charge >= 0.3 is 11.9 Å². The van der Waals surface area contributed by atoms with Crippen molar-refractivity contribution >= 4 is 11.9 Å². The number of allylic oxidation sites excluding steroid dienone is 7. The fourth-order valence-corrected chi connectivity index (χ4v) is 5.92. The summed E-state index contributed by atoms with van der Waals surface area (Å²) in [5.74, 6) is -0.643. The molecule has 0 fully saturated rings. The van der Waals surface area contributed by atoms with Gasteiger partial charge in [-0.05, 0) is 51.4 Å². The quantitative estimate of drug-likeness (QED) is 0.0375. The lowest BCUT2D eigenvalue weighted by Gasteiger charge is -2.12. The van der Waals surface area contributed by atoms with Crippen LogP contribution >= 0.6 is 0 Å². The first-order valence-corrected chi connectivity index (χ1v) is 21.3. The molecule has 296 valence electrons. The molecule has 0 rings (SSSR count). The van der Waals surface area contributed by atoms with Gasteiger partial charge in [0.25, 0.3) is 0 Å². The van der Waals surface area contributed by atoms with Crippen LogP contribution in [0.3, 0.4) is 0 Å². The molecule has 51 heavy (non-hydrogen) atoms. The lowest BCUT2D eigenvalue weighted by molar-refractivity contribution is -0.152. The first-order valence-electron chi connectivity index (χ1n) is 21.3. The van der Waals surface area contributed by atoms with Crippen LogP contribution in [0.4, 0.5) is 0 Å². The van der Waals surface area contributed by atoms with Crippen molar-refractivity contribution in [3.63, 3.8) is 0 Å². The predicted molar refractivity (Wildman–Crippen MR) is 216 cm³/mol. The first kappa shape index (κ1) is 48.8. The molecule has 0 aliphatic rings. The van der Waals surface area contributed by atoms with E-state index in [-0.39, 0.29) is 31.3 Å². The van der Waals surface area contributed by atoms with Crippen LogP contribution in [0, 0.1) is 0 Å². The predicted octanol–water partition coefficient (Wildman–Crippen LogP) is 12.4. The minimum atomic E-state index is -0.995. The van der Waals surface area contributed by atoms with Gasteiger partial charge in [0.1, 0.15) is 19.3 Å². The highest BCUT2D eigenvalue weighted by Gasteiger charge is 2.12. The largest absolute Gasteiger partial charge is 0.463 e. The molecule has 1 unspecified atom stereocenters. The van der Waals surface area contributed by atoms with Gasteiger partial charge in [-0.2, -0.15) is 0 Å². The number of unbranched alkanes of at least 4 members (excludes halogenated alkanes) is 19. The van der Waals surface area contributed by atoms with Crippen LogP contribution in [-0.2, 0) is 19.1 Å². The Morgan fingerprint density at radius 2 is 0.824 bits per heavy atom. The maximum absolute atomic E-state index is 12.0. The highest BCUT2D eigenvalue weighted by Crippen LogP contribution is 2.15. The Labute approximate surface area is 314 Å². The van der Waals surface area contributed by atoms with Gasteiger partial charge in [0.15, 0.2) is 0 Å². The van der Waals surface area contributed by atoms with Crippen LogP contribution in [0.2, 0.25) is 0 Å². The van der Waals surface area contributed by atoms with Crippen LogP contribution in [0.25, 0.3) is 0 Å². The molecule has 0 radical (unpaired) electrons. The standard InChI is InChI=1S/C45H80O6/c1-3-5-6-7-8-9-10-11-12-13-14-15-16-19-22-25-28-31-34-38-44(48)50-40-43(47)41-51-45(49)39-35-32-29-26-23-20-17-18-21-24-27-30-33-37-42(46)36-4-2/h17,20-21,24,26,29-30,33,42-43,46-47H,3-16,18-19,22-23,25,27-28,31-32,34-41H2,1-2H3/b20-17-,24-21-,29-26-,33-30-/t42?,43-/m0/s1. The monoisotopic (exact) mass is 717 g/mol. The third kappa shape index (κ3) is 40.4. The van der Waals surface area contributed by atoms with Gasteiger partial charge < -0.3 is 19.7 Å². The van der Waals surface area contributed by atoms with E-state index < -0.39 is 6.10 Å². The molecule has 0 aromatic rings. The maximum Gasteiger partial charge on any atom is 0.305 e. The Hall–Kier alpha value is -2.18. The molecule has 2 N–H and O–H groups in total. The Bertz CT molecular complexity index is 876. The van der Waals surface area contributed by atoms with E-state index in [1.54, 1.807) is 0 Å². The smallest absolute Gasteiger partial charge is 0.305 e. The number of esters is 2. The van der Waals surface area contributed by atoms with Crippen molar-refractivity contribution in [2.45, 2.75) is 212 Å². The van der Waals surface area contributed by atoms with E-state index >= 15 is 0 Å². The summed E-state index contributed by atoms with van der Waals surface area (Å²) in [6.45, 7) is 4.07. The van der Waals surface area contributed by atoms with E-state index in [0.717, 1.165) is 64.2 Å². The summed E-state index contributed by atoms with van der Waals surface area (Å²) in [5, 5.41) is 19.7. The molecular weight excluding hydrogens is 636 g/mol. The summed E-state index contributed by atoms with van der Waals surface area (Å²) in [5.41, 5.74) is 0. The number of hydrogen-bond acceptors (Lipinski definition) is 6. The minimum absolute atomic E-state index is 0.140. The van der Waals surface area contributed by atoms with Gasteiger partial charge in [-0.1, -0.05) is 184 Å². The van der Waals surface area contributed by atoms with Crippen molar-refractivity contribution in [2.75, 3.05) is 13.2 Å². The average Bonchev–Trinajstić information content (AvgIpc) is 3.12. The van der Waals surface area contributed by atoms with Crippen LogP contribution in [0.1, 0.15) is 200 Å². The number of aliphatic hydroxyl groups excluding tert-OH is 2. The van der Waals surface area contributed by atoms with Crippen molar-refractivity contribution in [3.05, 3.63) is 48.6 Å². The summed E-state index contributed by atoms with van der Waals surface area (Å²) in [7, 11) is 0. The lowest BCUT2D eigenvalue weighted by Crippen LogP contribution is -2.25. The second-order valence-electron chi connectivity index (χ2n) is 14.3. The zero-order valence-electron chi connectivity index (χ0n) is 33.2. The van der Waals surface area contributed by atoms with Gasteiger partial charge in [-0.15, -0.1) is 0 Å². The molecule has 0 saturated carbocycles. The van der Waals surface area contributed by atoms with Crippen molar-refractivity contribution in [1.82, 2.24) is 0 Å². The summed E-state index contributed by atoms with van der Waals surface area (Å²) < 4.78 is 10.3. The van der Waals surface area contributed by atoms with Crippen molar-refractivity contribution in [1.29, 1.82) is 0 Å². The van der Waals surface area contributed by atoms with Gasteiger partial charge in [-0.3, -0.25) is 9.59 Å². The van der Waals surface area contributed by atoms with E-state index in [0.29, 0.717) is 19.3 Å². The van der Waals surface area contributed by atoms with E-state index in [4.69, 9.17) is 9.47 Å². The molecule has 0 aromatic carbocycles. The summed E-state index contributed by atoms with van der Waals surface area (Å²) in [6.07, 6.45) is 48.1. The minimum Gasteiger partial charge on any atom is -0.463 e. The highest BCUT2D eigenvalue weighted by molar-refractivity contribution is 5.69. The van der Waals surface area contributed by atoms with Crippen molar-refractivity contribution in [2.24, 2.45) is 0 Å². The second-order valence-corrected chi connectivity index (χ2v) is 14.3. The molecule has 6 heteroatoms. The molecule has 0 bridgehead atoms. The topological polar surface area (TPSA) is 93.1 Å². The SMILES string of the molecule is CCCCCCCCCCCCCCCCCCCCCC(=O)OC[C@H](O)COC(=O)CCC/C=C\C/C=C\C/C=C\C/C=C\CC(O)CCC. The van der Waals surface area contributed by atoms with Gasteiger partial charge in [0.2, 0.25) is 0 Å². The number of carbonyl (C=O) groups is 2. The third-order valence-corrected chi connectivity index (χ3v) is 9.12. The molecule has 6 nitrogen and oxygen atoms in total. The second kappa shape index (κ2) is 40.6. The molecule has 0 aliphatic heterocycles. The number of hydrogen-bond donors (Lipinski definition) is 2. The Balaban J connectivity index is 3.51. The summed E-state index contributed by atoms with van der Waals surface area (Å²) in [4.78, 5) is 24.0. The average molecular weight is 717 g/mol. The van der Waals surface area contributed by atoms with Gasteiger partial charge in [-0.25, -0.2) is 0 Å². The number of aliphatic hydroxyl groups is 2. The normalized spacial score (nSPS) is 13.3.